The van der Waals surface area contributed by atoms with Crippen molar-refractivity contribution in [1.82, 2.24) is 9.29 Å². The summed E-state index contributed by atoms with van der Waals surface area (Å²) in [5.41, 5.74) is 8.37. The average Bonchev–Trinajstić information content (AvgIpc) is 3.43. The van der Waals surface area contributed by atoms with Crippen LogP contribution in [0.3, 0.4) is 0 Å². The van der Waals surface area contributed by atoms with Crippen molar-refractivity contribution in [2.45, 2.75) is 50.3 Å². The number of piperidine rings is 1. The Morgan fingerprint density at radius 1 is 0.975 bits per heavy atom. The van der Waals surface area contributed by atoms with Gasteiger partial charge >= 0.3 is 0 Å². The Hall–Kier alpha value is -3.33. The van der Waals surface area contributed by atoms with E-state index in [-0.39, 0.29) is 5.41 Å². The number of hydrazone groups is 1. The Morgan fingerprint density at radius 3 is 2.30 bits per heavy atom. The molecular formula is C32H36N4O2S2. The van der Waals surface area contributed by atoms with E-state index in [0.717, 1.165) is 36.1 Å². The third-order valence-corrected chi connectivity index (χ3v) is 10.0. The fraction of sp³-hybridized carbons (Fsp3) is 0.312. The fourth-order valence-electron chi connectivity index (χ4n) is 4.94. The molecule has 0 unspecified atom stereocenters. The van der Waals surface area contributed by atoms with Gasteiger partial charge in [-0.1, -0.05) is 87.5 Å². The van der Waals surface area contributed by atoms with Crippen molar-refractivity contribution in [1.29, 1.82) is 0 Å². The van der Waals surface area contributed by atoms with Crippen LogP contribution in [0.2, 0.25) is 0 Å². The predicted octanol–water partition coefficient (Wildman–Crippen LogP) is 7.20. The van der Waals surface area contributed by atoms with E-state index in [2.05, 4.69) is 84.8 Å². The maximum absolute atomic E-state index is 13.3. The molecule has 1 aromatic heterocycles. The molecule has 5 rings (SSSR count). The van der Waals surface area contributed by atoms with Gasteiger partial charge in [0.2, 0.25) is 15.2 Å². The minimum atomic E-state index is -3.52. The molecular weight excluding hydrogens is 537 g/mol. The summed E-state index contributed by atoms with van der Waals surface area (Å²) in [6, 6.07) is 25.8. The lowest BCUT2D eigenvalue weighted by molar-refractivity contribution is 0.273. The van der Waals surface area contributed by atoms with Gasteiger partial charge in [0.05, 0.1) is 16.8 Å². The Bertz CT molecular complexity index is 1530. The van der Waals surface area contributed by atoms with Gasteiger partial charge in [0.1, 0.15) is 0 Å². The van der Waals surface area contributed by atoms with Gasteiger partial charge in [-0.25, -0.2) is 13.4 Å². The summed E-state index contributed by atoms with van der Waals surface area (Å²) in [6.45, 7) is 7.71. The lowest BCUT2D eigenvalue weighted by atomic mass is 9.87. The second-order valence-corrected chi connectivity index (χ2v) is 14.1. The molecule has 0 radical (unpaired) electrons. The lowest BCUT2D eigenvalue weighted by Gasteiger charge is -2.31. The number of nitrogens with zero attached hydrogens (tertiary/aromatic N) is 3. The highest BCUT2D eigenvalue weighted by atomic mass is 32.2. The van der Waals surface area contributed by atoms with Crippen LogP contribution in [0.25, 0.3) is 11.3 Å². The summed E-state index contributed by atoms with van der Waals surface area (Å²) >= 11 is 1.46. The molecule has 208 valence electrons. The van der Waals surface area contributed by atoms with Crippen LogP contribution < -0.4 is 5.43 Å². The molecule has 0 bridgehead atoms. The zero-order valence-electron chi connectivity index (χ0n) is 23.2. The van der Waals surface area contributed by atoms with Crippen molar-refractivity contribution >= 4 is 32.7 Å². The summed E-state index contributed by atoms with van der Waals surface area (Å²) in [7, 11) is -3.52. The number of rotatable bonds is 8. The Morgan fingerprint density at radius 2 is 1.65 bits per heavy atom. The van der Waals surface area contributed by atoms with Crippen LogP contribution >= 0.6 is 11.3 Å². The maximum Gasteiger partial charge on any atom is 0.243 e. The zero-order valence-corrected chi connectivity index (χ0v) is 24.9. The van der Waals surface area contributed by atoms with Crippen LogP contribution in [-0.4, -0.2) is 37.0 Å². The van der Waals surface area contributed by atoms with Crippen LogP contribution in [0.1, 0.15) is 50.3 Å². The minimum absolute atomic E-state index is 0.118. The van der Waals surface area contributed by atoms with E-state index in [9.17, 15) is 8.42 Å². The molecule has 8 heteroatoms. The molecule has 1 fully saturated rings. The fourth-order valence-corrected chi connectivity index (χ4v) is 7.08. The quantitative estimate of drug-likeness (QED) is 0.179. The number of thiazole rings is 1. The topological polar surface area (TPSA) is 74.7 Å². The highest BCUT2D eigenvalue weighted by Crippen LogP contribution is 2.29. The Labute approximate surface area is 241 Å². The van der Waals surface area contributed by atoms with Crippen molar-refractivity contribution in [3.05, 3.63) is 101 Å². The van der Waals surface area contributed by atoms with E-state index < -0.39 is 10.0 Å². The van der Waals surface area contributed by atoms with Crippen molar-refractivity contribution in [3.63, 3.8) is 0 Å². The van der Waals surface area contributed by atoms with Gasteiger partial charge in [0.25, 0.3) is 0 Å². The van der Waals surface area contributed by atoms with Gasteiger partial charge in [-0.2, -0.15) is 9.41 Å². The third kappa shape index (κ3) is 6.86. The Balaban J connectivity index is 1.16. The van der Waals surface area contributed by atoms with Crippen molar-refractivity contribution < 1.29 is 8.42 Å². The molecule has 0 aliphatic carbocycles. The second-order valence-electron chi connectivity index (χ2n) is 11.3. The molecule has 6 nitrogen and oxygen atoms in total. The van der Waals surface area contributed by atoms with Crippen molar-refractivity contribution in [2.24, 2.45) is 11.0 Å². The standard InChI is InChI=1S/C32H36N4O2S2/c1-32(2,3)28-13-9-26(10-14-28)22-33-35-31-34-30(23-39-31)27-11-15-29(16-12-27)40(37,38)36-19-17-25(18-20-36)21-24-7-5-4-6-8-24/h4-16,22-23,25H,17-21H2,1-3H3,(H,34,35)/b33-22+. The summed E-state index contributed by atoms with van der Waals surface area (Å²) in [6.07, 6.45) is 4.54. The molecule has 1 aliphatic heterocycles. The first kappa shape index (κ1) is 28.2. The maximum atomic E-state index is 13.3. The first-order chi connectivity index (χ1) is 19.2. The summed E-state index contributed by atoms with van der Waals surface area (Å²) in [4.78, 5) is 4.94. The monoisotopic (exact) mass is 572 g/mol. The molecule has 0 amide bonds. The van der Waals surface area contributed by atoms with Gasteiger partial charge in [-0.05, 0) is 59.4 Å². The number of aromatic nitrogens is 1. The molecule has 1 N–H and O–H groups in total. The van der Waals surface area contributed by atoms with E-state index in [0.29, 0.717) is 29.0 Å². The normalized spacial score (nSPS) is 15.5. The molecule has 0 spiro atoms. The summed E-state index contributed by atoms with van der Waals surface area (Å²) < 4.78 is 28.2. The molecule has 3 aromatic carbocycles. The molecule has 2 heterocycles. The van der Waals surface area contributed by atoms with Crippen LogP contribution in [-0.2, 0) is 21.9 Å². The molecule has 40 heavy (non-hydrogen) atoms. The number of anilines is 1. The average molecular weight is 573 g/mol. The number of hydrogen-bond acceptors (Lipinski definition) is 6. The lowest BCUT2D eigenvalue weighted by Crippen LogP contribution is -2.38. The molecule has 4 aromatic rings. The van der Waals surface area contributed by atoms with Crippen molar-refractivity contribution in [2.75, 3.05) is 18.5 Å². The number of benzene rings is 3. The van der Waals surface area contributed by atoms with Crippen LogP contribution in [0, 0.1) is 5.92 Å². The highest BCUT2D eigenvalue weighted by molar-refractivity contribution is 7.89. The molecule has 0 atom stereocenters. The first-order valence-electron chi connectivity index (χ1n) is 13.7. The highest BCUT2D eigenvalue weighted by Gasteiger charge is 2.29. The van der Waals surface area contributed by atoms with Gasteiger partial charge in [0.15, 0.2) is 0 Å². The SMILES string of the molecule is CC(C)(C)c1ccc(/C=N/Nc2nc(-c3ccc(S(=O)(=O)N4CCC(Cc5ccccc5)CC4)cc3)cs2)cc1. The number of sulfonamides is 1. The third-order valence-electron chi connectivity index (χ3n) is 7.38. The van der Waals surface area contributed by atoms with E-state index in [4.69, 9.17) is 0 Å². The van der Waals surface area contributed by atoms with Crippen LogP contribution in [0.4, 0.5) is 5.13 Å². The largest absolute Gasteiger partial charge is 0.253 e. The van der Waals surface area contributed by atoms with Gasteiger partial charge < -0.3 is 0 Å². The van der Waals surface area contributed by atoms with Gasteiger partial charge in [-0.3, -0.25) is 5.43 Å². The Kier molecular flexibility index (Phi) is 8.49. The molecule has 1 saturated heterocycles. The van der Waals surface area contributed by atoms with Crippen LogP contribution in [0.5, 0.6) is 0 Å². The van der Waals surface area contributed by atoms with E-state index in [1.165, 1.54) is 22.5 Å². The predicted molar refractivity (Wildman–Crippen MR) is 166 cm³/mol. The first-order valence-corrected chi connectivity index (χ1v) is 16.0. The van der Waals surface area contributed by atoms with E-state index in [1.807, 2.05) is 23.6 Å². The number of nitrogens with one attached hydrogen (secondary N) is 1. The molecule has 1 aliphatic rings. The summed E-state index contributed by atoms with van der Waals surface area (Å²) in [5.74, 6) is 0.516. The van der Waals surface area contributed by atoms with Gasteiger partial charge in [-0.15, -0.1) is 11.3 Å². The zero-order chi connectivity index (χ0) is 28.2. The second kappa shape index (κ2) is 12.0. The van der Waals surface area contributed by atoms with Crippen LogP contribution in [0.15, 0.2) is 94.2 Å². The summed E-state index contributed by atoms with van der Waals surface area (Å²) in [5, 5.41) is 6.94. The van der Waals surface area contributed by atoms with Crippen molar-refractivity contribution in [3.8, 4) is 11.3 Å². The van der Waals surface area contributed by atoms with Gasteiger partial charge in [0, 0.05) is 24.0 Å². The minimum Gasteiger partial charge on any atom is -0.253 e. The molecule has 0 saturated carbocycles. The number of hydrogen-bond donors (Lipinski definition) is 1. The van der Waals surface area contributed by atoms with E-state index >= 15 is 0 Å². The smallest absolute Gasteiger partial charge is 0.243 e. The van der Waals surface area contributed by atoms with E-state index in [1.54, 1.807) is 22.7 Å².